The van der Waals surface area contributed by atoms with Crippen LogP contribution >= 0.6 is 0 Å². The molecule has 0 fully saturated rings. The summed E-state index contributed by atoms with van der Waals surface area (Å²) in [6, 6.07) is 11.5. The predicted octanol–water partition coefficient (Wildman–Crippen LogP) is 3.90. The second-order valence-corrected chi connectivity index (χ2v) is 4.72. The molecule has 2 aromatic carbocycles. The van der Waals surface area contributed by atoms with Crippen LogP contribution in [0.5, 0.6) is 5.75 Å². The molecule has 3 rings (SSSR count). The minimum atomic E-state index is -0.895. The number of benzene rings is 2. The first-order valence-electron chi connectivity index (χ1n) is 6.32. The Balaban J connectivity index is 1.89. The van der Waals surface area contributed by atoms with Crippen LogP contribution in [0.4, 0.5) is 8.78 Å². The van der Waals surface area contributed by atoms with E-state index in [2.05, 4.69) is 0 Å². The number of halogens is 2. The van der Waals surface area contributed by atoms with Gasteiger partial charge in [0.15, 0.2) is 0 Å². The van der Waals surface area contributed by atoms with Gasteiger partial charge >= 0.3 is 0 Å². The molecule has 2 nitrogen and oxygen atoms in total. The van der Waals surface area contributed by atoms with Crippen LogP contribution in [-0.4, -0.2) is 0 Å². The van der Waals surface area contributed by atoms with Crippen molar-refractivity contribution in [2.45, 2.75) is 18.9 Å². The highest BCUT2D eigenvalue weighted by molar-refractivity contribution is 5.39. The van der Waals surface area contributed by atoms with Crippen molar-refractivity contribution in [2.24, 2.45) is 0 Å². The van der Waals surface area contributed by atoms with Gasteiger partial charge in [0, 0.05) is 12.1 Å². The van der Waals surface area contributed by atoms with Crippen LogP contribution in [0.1, 0.15) is 29.2 Å². The van der Waals surface area contributed by atoms with Gasteiger partial charge in [-0.1, -0.05) is 24.3 Å². The van der Waals surface area contributed by atoms with Crippen LogP contribution in [0.2, 0.25) is 0 Å². The minimum Gasteiger partial charge on any atom is -0.486 e. The molecule has 4 heteroatoms. The Labute approximate surface area is 115 Å². The van der Waals surface area contributed by atoms with Crippen LogP contribution in [-0.2, 0) is 6.42 Å². The molecule has 0 N–H and O–H groups in total. The molecular weight excluding hydrogens is 260 g/mol. The van der Waals surface area contributed by atoms with Crippen molar-refractivity contribution >= 4 is 0 Å². The fourth-order valence-electron chi connectivity index (χ4n) is 2.53. The molecule has 1 aliphatic rings. The van der Waals surface area contributed by atoms with Gasteiger partial charge in [0.2, 0.25) is 0 Å². The van der Waals surface area contributed by atoms with Crippen LogP contribution < -0.4 is 4.74 Å². The highest BCUT2D eigenvalue weighted by Gasteiger charge is 2.24. The second kappa shape index (κ2) is 4.93. The van der Waals surface area contributed by atoms with Gasteiger partial charge in [-0.15, -0.1) is 0 Å². The zero-order valence-electron chi connectivity index (χ0n) is 10.6. The molecule has 0 spiro atoms. The molecule has 0 heterocycles. The first kappa shape index (κ1) is 12.6. The lowest BCUT2D eigenvalue weighted by molar-refractivity contribution is 0.206. The summed E-state index contributed by atoms with van der Waals surface area (Å²) in [6.45, 7) is 0. The average Bonchev–Trinajstić information content (AvgIpc) is 2.82. The summed E-state index contributed by atoms with van der Waals surface area (Å²) in [5.74, 6) is -1.68. The van der Waals surface area contributed by atoms with Gasteiger partial charge in [0.05, 0.1) is 0 Å². The molecule has 1 aliphatic carbocycles. The van der Waals surface area contributed by atoms with E-state index < -0.39 is 17.2 Å². The Hall–Kier alpha value is -2.41. The van der Waals surface area contributed by atoms with Crippen molar-refractivity contribution in [2.75, 3.05) is 0 Å². The first-order chi connectivity index (χ1) is 9.69. The Morgan fingerprint density at radius 2 is 1.85 bits per heavy atom. The van der Waals surface area contributed by atoms with Crippen LogP contribution in [0.15, 0.2) is 36.4 Å². The summed E-state index contributed by atoms with van der Waals surface area (Å²) in [5.41, 5.74) is 1.67. The zero-order chi connectivity index (χ0) is 14.1. The van der Waals surface area contributed by atoms with Gasteiger partial charge in [0.1, 0.15) is 35.1 Å². The van der Waals surface area contributed by atoms with E-state index in [4.69, 9.17) is 10.00 Å². The highest BCUT2D eigenvalue weighted by atomic mass is 19.1. The van der Waals surface area contributed by atoms with E-state index in [1.165, 1.54) is 11.6 Å². The lowest BCUT2D eigenvalue weighted by Gasteiger charge is -2.15. The number of nitriles is 1. The number of rotatable bonds is 2. The molecule has 20 heavy (non-hydrogen) atoms. The molecule has 0 unspecified atom stereocenters. The molecule has 0 bridgehead atoms. The van der Waals surface area contributed by atoms with Gasteiger partial charge in [-0.3, -0.25) is 0 Å². The molecule has 0 amide bonds. The fourth-order valence-corrected chi connectivity index (χ4v) is 2.53. The monoisotopic (exact) mass is 271 g/mol. The van der Waals surface area contributed by atoms with E-state index in [9.17, 15) is 8.78 Å². The fraction of sp³-hybridized carbons (Fsp3) is 0.188. The number of nitrogens with zero attached hydrogens (tertiary/aromatic N) is 1. The van der Waals surface area contributed by atoms with Gasteiger partial charge in [-0.05, 0) is 24.0 Å². The van der Waals surface area contributed by atoms with E-state index in [0.29, 0.717) is 0 Å². The zero-order valence-corrected chi connectivity index (χ0v) is 10.6. The van der Waals surface area contributed by atoms with Gasteiger partial charge < -0.3 is 4.74 Å². The maximum Gasteiger partial charge on any atom is 0.147 e. The molecule has 0 radical (unpaired) electrons. The third-order valence-electron chi connectivity index (χ3n) is 3.48. The van der Waals surface area contributed by atoms with Gasteiger partial charge in [-0.25, -0.2) is 8.78 Å². The number of hydrogen-bond donors (Lipinski definition) is 0. The lowest BCUT2D eigenvalue weighted by Crippen LogP contribution is -2.04. The standard InChI is InChI=1S/C16H11F2NO/c17-14-7-11(8-15(18)13(14)9-19)20-16-6-5-10-3-1-2-4-12(10)16/h1-4,7-8,16H,5-6H2/t16-/m0/s1. The van der Waals surface area contributed by atoms with Crippen molar-refractivity contribution in [1.29, 1.82) is 5.26 Å². The molecule has 1 atom stereocenters. The Bertz CT molecular complexity index is 683. The topological polar surface area (TPSA) is 33.0 Å². The van der Waals surface area contributed by atoms with Crippen LogP contribution in [0.25, 0.3) is 0 Å². The molecule has 100 valence electrons. The highest BCUT2D eigenvalue weighted by Crippen LogP contribution is 2.35. The summed E-state index contributed by atoms with van der Waals surface area (Å²) in [4.78, 5) is 0. The molecule has 0 saturated carbocycles. The van der Waals surface area contributed by atoms with Crippen molar-refractivity contribution in [3.63, 3.8) is 0 Å². The minimum absolute atomic E-state index is 0.112. The number of fused-ring (bicyclic) bond motifs is 1. The predicted molar refractivity (Wildman–Crippen MR) is 69.2 cm³/mol. The van der Waals surface area contributed by atoms with E-state index in [0.717, 1.165) is 30.5 Å². The van der Waals surface area contributed by atoms with E-state index >= 15 is 0 Å². The Kier molecular flexibility index (Phi) is 3.11. The van der Waals surface area contributed by atoms with Crippen LogP contribution in [0.3, 0.4) is 0 Å². The molecular formula is C16H11F2NO. The first-order valence-corrected chi connectivity index (χ1v) is 6.32. The summed E-state index contributed by atoms with van der Waals surface area (Å²) >= 11 is 0. The summed E-state index contributed by atoms with van der Waals surface area (Å²) in [6.07, 6.45) is 1.47. The molecule has 2 aromatic rings. The maximum absolute atomic E-state index is 13.5. The number of hydrogen-bond acceptors (Lipinski definition) is 2. The summed E-state index contributed by atoms with van der Waals surface area (Å²) in [7, 11) is 0. The summed E-state index contributed by atoms with van der Waals surface area (Å²) < 4.78 is 32.8. The van der Waals surface area contributed by atoms with E-state index in [-0.39, 0.29) is 11.9 Å². The van der Waals surface area contributed by atoms with Crippen molar-refractivity contribution in [1.82, 2.24) is 0 Å². The SMILES string of the molecule is N#Cc1c(F)cc(O[C@H]2CCc3ccccc32)cc1F. The smallest absolute Gasteiger partial charge is 0.147 e. The molecule has 0 aromatic heterocycles. The van der Waals surface area contributed by atoms with Crippen molar-refractivity contribution in [3.05, 3.63) is 64.7 Å². The second-order valence-electron chi connectivity index (χ2n) is 4.72. The van der Waals surface area contributed by atoms with Gasteiger partial charge in [0.25, 0.3) is 0 Å². The third-order valence-corrected chi connectivity index (χ3v) is 3.48. The quantitative estimate of drug-likeness (QED) is 0.829. The third kappa shape index (κ3) is 2.12. The normalized spacial score (nSPS) is 16.6. The van der Waals surface area contributed by atoms with Gasteiger partial charge in [-0.2, -0.15) is 5.26 Å². The average molecular weight is 271 g/mol. The van der Waals surface area contributed by atoms with Crippen molar-refractivity contribution in [3.8, 4) is 11.8 Å². The molecule has 0 saturated heterocycles. The van der Waals surface area contributed by atoms with Crippen LogP contribution in [0, 0.1) is 23.0 Å². The summed E-state index contributed by atoms with van der Waals surface area (Å²) in [5, 5.41) is 8.63. The molecule has 0 aliphatic heterocycles. The maximum atomic E-state index is 13.5. The van der Waals surface area contributed by atoms with E-state index in [1.54, 1.807) is 0 Å². The Morgan fingerprint density at radius 1 is 1.15 bits per heavy atom. The number of ether oxygens (including phenoxy) is 1. The largest absolute Gasteiger partial charge is 0.486 e. The Morgan fingerprint density at radius 3 is 2.55 bits per heavy atom. The van der Waals surface area contributed by atoms with E-state index in [1.807, 2.05) is 24.3 Å². The number of aryl methyl sites for hydroxylation is 1. The van der Waals surface area contributed by atoms with Crippen molar-refractivity contribution < 1.29 is 13.5 Å². The lowest BCUT2D eigenvalue weighted by atomic mass is 10.1.